The third-order valence-corrected chi connectivity index (χ3v) is 5.36. The number of rotatable bonds is 7. The van der Waals surface area contributed by atoms with Crippen molar-refractivity contribution in [2.24, 2.45) is 5.41 Å². The Balaban J connectivity index is 1.67. The van der Waals surface area contributed by atoms with E-state index in [9.17, 15) is 15.0 Å². The predicted molar refractivity (Wildman–Crippen MR) is 98.7 cm³/mol. The van der Waals surface area contributed by atoms with Crippen molar-refractivity contribution < 1.29 is 15.0 Å². The number of aromatic nitrogens is 2. The minimum absolute atomic E-state index is 0.351. The quantitative estimate of drug-likeness (QED) is 0.708. The first-order valence-electron chi connectivity index (χ1n) is 9.18. The topological polar surface area (TPSA) is 89.4 Å². The lowest BCUT2D eigenvalue weighted by Gasteiger charge is -2.43. The summed E-state index contributed by atoms with van der Waals surface area (Å²) in [7, 11) is 0. The first-order valence-corrected chi connectivity index (χ1v) is 9.18. The Labute approximate surface area is 153 Å². The number of aliphatic hydroxyl groups excluding tert-OH is 1. The van der Waals surface area contributed by atoms with Crippen molar-refractivity contribution >= 4 is 5.97 Å². The number of carbonyl (C=O) groups is 1. The van der Waals surface area contributed by atoms with Crippen molar-refractivity contribution in [3.8, 4) is 0 Å². The normalized spacial score (nSPS) is 23.8. The van der Waals surface area contributed by atoms with E-state index in [1.165, 1.54) is 5.56 Å². The van der Waals surface area contributed by atoms with E-state index in [2.05, 4.69) is 27.2 Å². The van der Waals surface area contributed by atoms with E-state index in [4.69, 9.17) is 0 Å². The number of carboxylic acid groups (broad SMARTS) is 1. The molecule has 0 spiro atoms. The Kier molecular flexibility index (Phi) is 5.74. The van der Waals surface area contributed by atoms with Gasteiger partial charge in [-0.1, -0.05) is 30.3 Å². The molecule has 1 aromatic heterocycles. The summed E-state index contributed by atoms with van der Waals surface area (Å²) >= 11 is 0. The Morgan fingerprint density at radius 3 is 2.81 bits per heavy atom. The summed E-state index contributed by atoms with van der Waals surface area (Å²) < 4.78 is 0. The fourth-order valence-corrected chi connectivity index (χ4v) is 3.90. The van der Waals surface area contributed by atoms with Crippen LogP contribution in [0.25, 0.3) is 0 Å². The summed E-state index contributed by atoms with van der Waals surface area (Å²) in [6.07, 6.45) is 1.69. The second-order valence-electron chi connectivity index (χ2n) is 7.36. The van der Waals surface area contributed by atoms with Crippen molar-refractivity contribution in [2.75, 3.05) is 13.1 Å². The highest BCUT2D eigenvalue weighted by molar-refractivity contribution is 5.76. The summed E-state index contributed by atoms with van der Waals surface area (Å²) in [5, 5.41) is 27.6. The van der Waals surface area contributed by atoms with Crippen LogP contribution in [0.4, 0.5) is 0 Å². The zero-order valence-corrected chi connectivity index (χ0v) is 15.2. The maximum Gasteiger partial charge on any atom is 0.313 e. The molecule has 3 N–H and O–H groups in total. The molecule has 26 heavy (non-hydrogen) atoms. The molecule has 1 fully saturated rings. The van der Waals surface area contributed by atoms with Gasteiger partial charge in [0.15, 0.2) is 0 Å². The number of aliphatic carboxylic acids is 1. The van der Waals surface area contributed by atoms with E-state index in [0.29, 0.717) is 32.5 Å². The van der Waals surface area contributed by atoms with Gasteiger partial charge in [-0.05, 0) is 44.2 Å². The van der Waals surface area contributed by atoms with Gasteiger partial charge in [-0.25, -0.2) is 0 Å². The van der Waals surface area contributed by atoms with Gasteiger partial charge < -0.3 is 10.2 Å². The number of aromatic amines is 1. The molecule has 1 saturated heterocycles. The minimum atomic E-state index is -1.11. The standard InChI is InChI=1S/C20H27N3O3/c1-15-12-17(22-21-15)13-23-11-9-18(24)20(14-23,19(25)26)10-5-8-16-6-3-2-4-7-16/h2-4,6-7,12,18,24H,5,8-11,13-14H2,1H3,(H,21,22)(H,25,26)/t18-,20-/m1/s1. The maximum absolute atomic E-state index is 12.1. The molecule has 1 aliphatic heterocycles. The van der Waals surface area contributed by atoms with E-state index in [-0.39, 0.29) is 0 Å². The van der Waals surface area contributed by atoms with Gasteiger partial charge in [0.1, 0.15) is 5.41 Å². The largest absolute Gasteiger partial charge is 0.481 e. The van der Waals surface area contributed by atoms with Crippen molar-refractivity contribution in [2.45, 2.75) is 45.3 Å². The van der Waals surface area contributed by atoms with Crippen LogP contribution in [0, 0.1) is 12.3 Å². The second kappa shape index (κ2) is 8.01. The Morgan fingerprint density at radius 1 is 1.38 bits per heavy atom. The second-order valence-corrected chi connectivity index (χ2v) is 7.36. The van der Waals surface area contributed by atoms with Gasteiger partial charge in [0.2, 0.25) is 0 Å². The highest BCUT2D eigenvalue weighted by atomic mass is 16.4. The van der Waals surface area contributed by atoms with Gasteiger partial charge in [-0.15, -0.1) is 0 Å². The van der Waals surface area contributed by atoms with Crippen molar-refractivity contribution in [3.63, 3.8) is 0 Å². The lowest BCUT2D eigenvalue weighted by molar-refractivity contribution is -0.164. The molecule has 3 rings (SSSR count). The van der Waals surface area contributed by atoms with Crippen LogP contribution >= 0.6 is 0 Å². The number of carboxylic acids is 1. The molecular weight excluding hydrogens is 330 g/mol. The molecule has 6 heteroatoms. The van der Waals surface area contributed by atoms with Crippen LogP contribution in [-0.4, -0.2) is 50.5 Å². The van der Waals surface area contributed by atoms with E-state index in [1.807, 2.05) is 31.2 Å². The molecule has 0 aliphatic carbocycles. The number of aliphatic hydroxyl groups is 1. The van der Waals surface area contributed by atoms with Gasteiger partial charge in [0, 0.05) is 25.3 Å². The third-order valence-electron chi connectivity index (χ3n) is 5.36. The van der Waals surface area contributed by atoms with E-state index < -0.39 is 17.5 Å². The van der Waals surface area contributed by atoms with Crippen molar-refractivity contribution in [1.82, 2.24) is 15.1 Å². The van der Waals surface area contributed by atoms with Crippen molar-refractivity contribution in [3.05, 3.63) is 53.3 Å². The zero-order chi connectivity index (χ0) is 18.6. The molecule has 2 atom stereocenters. The van der Waals surface area contributed by atoms with Gasteiger partial charge in [0.25, 0.3) is 0 Å². The number of hydrogen-bond donors (Lipinski definition) is 3. The summed E-state index contributed by atoms with van der Waals surface area (Å²) in [6.45, 7) is 3.58. The molecule has 0 amide bonds. The van der Waals surface area contributed by atoms with Crippen LogP contribution in [0.3, 0.4) is 0 Å². The molecule has 1 aromatic carbocycles. The fraction of sp³-hybridized carbons (Fsp3) is 0.500. The summed E-state index contributed by atoms with van der Waals surface area (Å²) in [5.74, 6) is -0.902. The molecule has 2 heterocycles. The first kappa shape index (κ1) is 18.6. The van der Waals surface area contributed by atoms with Crippen LogP contribution < -0.4 is 0 Å². The maximum atomic E-state index is 12.1. The molecule has 140 valence electrons. The molecule has 0 radical (unpaired) electrons. The van der Waals surface area contributed by atoms with Gasteiger partial charge in [-0.3, -0.25) is 14.8 Å². The number of piperidine rings is 1. The highest BCUT2D eigenvalue weighted by Gasteiger charge is 2.48. The smallest absolute Gasteiger partial charge is 0.313 e. The predicted octanol–water partition coefficient (Wildman–Crippen LogP) is 2.38. The van der Waals surface area contributed by atoms with Crippen LogP contribution in [-0.2, 0) is 17.8 Å². The number of nitrogens with zero attached hydrogens (tertiary/aromatic N) is 2. The summed E-state index contributed by atoms with van der Waals surface area (Å²) in [6, 6.07) is 12.0. The molecule has 2 aromatic rings. The van der Waals surface area contributed by atoms with Crippen molar-refractivity contribution in [1.29, 1.82) is 0 Å². The number of H-pyrrole nitrogens is 1. The van der Waals surface area contributed by atoms with Crippen LogP contribution in [0.5, 0.6) is 0 Å². The van der Waals surface area contributed by atoms with E-state index in [0.717, 1.165) is 24.2 Å². The molecular formula is C20H27N3O3. The van der Waals surface area contributed by atoms with E-state index in [1.54, 1.807) is 0 Å². The summed E-state index contributed by atoms with van der Waals surface area (Å²) in [4.78, 5) is 14.2. The average molecular weight is 357 g/mol. The average Bonchev–Trinajstić information content (AvgIpc) is 3.03. The van der Waals surface area contributed by atoms with Crippen LogP contribution in [0.15, 0.2) is 36.4 Å². The fourth-order valence-electron chi connectivity index (χ4n) is 3.90. The number of benzene rings is 1. The van der Waals surface area contributed by atoms with Gasteiger partial charge in [-0.2, -0.15) is 5.10 Å². The number of aryl methyl sites for hydroxylation is 2. The highest BCUT2D eigenvalue weighted by Crippen LogP contribution is 2.36. The number of likely N-dealkylation sites (tertiary alicyclic amines) is 1. The first-order chi connectivity index (χ1) is 12.5. The molecule has 0 unspecified atom stereocenters. The molecule has 1 aliphatic rings. The Bertz CT molecular complexity index is 731. The lowest BCUT2D eigenvalue weighted by Crippen LogP contribution is -2.55. The number of nitrogens with one attached hydrogen (secondary N) is 1. The third kappa shape index (κ3) is 4.14. The molecule has 6 nitrogen and oxygen atoms in total. The molecule has 0 saturated carbocycles. The molecule has 0 bridgehead atoms. The zero-order valence-electron chi connectivity index (χ0n) is 15.2. The van der Waals surface area contributed by atoms with Gasteiger partial charge >= 0.3 is 5.97 Å². The monoisotopic (exact) mass is 357 g/mol. The van der Waals surface area contributed by atoms with Gasteiger partial charge in [0.05, 0.1) is 11.8 Å². The van der Waals surface area contributed by atoms with Crippen LogP contribution in [0.2, 0.25) is 0 Å². The minimum Gasteiger partial charge on any atom is -0.481 e. The lowest BCUT2D eigenvalue weighted by atomic mass is 9.73. The Morgan fingerprint density at radius 2 is 2.15 bits per heavy atom. The van der Waals surface area contributed by atoms with E-state index >= 15 is 0 Å². The van der Waals surface area contributed by atoms with Crippen LogP contribution in [0.1, 0.15) is 36.2 Å². The SMILES string of the molecule is Cc1cc(CN2CC[C@@H](O)[C@](CCCc3ccccc3)(C(=O)O)C2)n[nH]1. The Hall–Kier alpha value is -2.18. The summed E-state index contributed by atoms with van der Waals surface area (Å²) in [5.41, 5.74) is 1.98. The number of hydrogen-bond acceptors (Lipinski definition) is 4.